The number of rotatable bonds is 7. The quantitative estimate of drug-likeness (QED) is 0.250. The minimum absolute atomic E-state index is 0.0874. The SMILES string of the molecule is CC(C)CC(=O)c1ccc(-c2ccccc2)cc1.Cc1ccc(C(=O)c2ccc(C(C)C)n2C)cc1. The van der Waals surface area contributed by atoms with E-state index >= 15 is 0 Å². The first-order valence-corrected chi connectivity index (χ1v) is 12.6. The monoisotopic (exact) mass is 479 g/mol. The average molecular weight is 480 g/mol. The van der Waals surface area contributed by atoms with Crippen LogP contribution in [0, 0.1) is 12.8 Å². The van der Waals surface area contributed by atoms with Crippen molar-refractivity contribution in [2.75, 3.05) is 0 Å². The van der Waals surface area contributed by atoms with Gasteiger partial charge in [0.1, 0.15) is 0 Å². The van der Waals surface area contributed by atoms with Crippen LogP contribution in [0.25, 0.3) is 11.1 Å². The van der Waals surface area contributed by atoms with E-state index in [0.717, 1.165) is 22.4 Å². The number of hydrogen-bond acceptors (Lipinski definition) is 2. The molecule has 0 amide bonds. The highest BCUT2D eigenvalue weighted by Crippen LogP contribution is 2.21. The number of Topliss-reactive ketones (excluding diaryl/α,β-unsaturated/α-hetero) is 1. The van der Waals surface area contributed by atoms with Gasteiger partial charge in [-0.05, 0) is 42.0 Å². The van der Waals surface area contributed by atoms with Crippen LogP contribution >= 0.6 is 0 Å². The highest BCUT2D eigenvalue weighted by atomic mass is 16.1. The summed E-state index contributed by atoms with van der Waals surface area (Å²) in [5.74, 6) is 1.15. The first-order chi connectivity index (χ1) is 17.2. The molecule has 0 aliphatic rings. The van der Waals surface area contributed by atoms with E-state index in [2.05, 4.69) is 39.8 Å². The van der Waals surface area contributed by atoms with Crippen LogP contribution in [0.1, 0.15) is 77.7 Å². The molecule has 0 saturated heterocycles. The van der Waals surface area contributed by atoms with Crippen LogP contribution in [0.15, 0.2) is 91.0 Å². The van der Waals surface area contributed by atoms with E-state index in [4.69, 9.17) is 0 Å². The zero-order valence-corrected chi connectivity index (χ0v) is 22.3. The summed E-state index contributed by atoms with van der Waals surface area (Å²) in [6.45, 7) is 10.4. The molecule has 0 bridgehead atoms. The Morgan fingerprint density at radius 1 is 0.694 bits per heavy atom. The first kappa shape index (κ1) is 26.9. The molecule has 0 radical (unpaired) electrons. The van der Waals surface area contributed by atoms with Crippen molar-refractivity contribution in [1.29, 1.82) is 0 Å². The zero-order chi connectivity index (χ0) is 26.2. The van der Waals surface area contributed by atoms with E-state index in [9.17, 15) is 9.59 Å². The minimum Gasteiger partial charge on any atom is -0.345 e. The Morgan fingerprint density at radius 3 is 1.78 bits per heavy atom. The molecule has 3 nitrogen and oxygen atoms in total. The third-order valence-corrected chi connectivity index (χ3v) is 6.21. The maximum atomic E-state index is 12.4. The molecule has 1 heterocycles. The smallest absolute Gasteiger partial charge is 0.209 e. The predicted molar refractivity (Wildman–Crippen MR) is 150 cm³/mol. The fraction of sp³-hybridized carbons (Fsp3) is 0.273. The van der Waals surface area contributed by atoms with E-state index in [1.165, 1.54) is 16.8 Å². The molecular weight excluding hydrogens is 442 g/mol. The van der Waals surface area contributed by atoms with Gasteiger partial charge in [-0.3, -0.25) is 9.59 Å². The van der Waals surface area contributed by atoms with Gasteiger partial charge in [0.2, 0.25) is 5.78 Å². The molecule has 36 heavy (non-hydrogen) atoms. The van der Waals surface area contributed by atoms with Crippen LogP contribution in [0.4, 0.5) is 0 Å². The largest absolute Gasteiger partial charge is 0.345 e. The average Bonchev–Trinajstić information content (AvgIpc) is 3.26. The Kier molecular flexibility index (Phi) is 9.19. The van der Waals surface area contributed by atoms with Crippen molar-refractivity contribution in [3.8, 4) is 11.1 Å². The topological polar surface area (TPSA) is 39.1 Å². The number of carbonyl (C=O) groups is 2. The van der Waals surface area contributed by atoms with Crippen LogP contribution < -0.4 is 0 Å². The van der Waals surface area contributed by atoms with Crippen molar-refractivity contribution >= 4 is 11.6 Å². The van der Waals surface area contributed by atoms with Gasteiger partial charge in [0.25, 0.3) is 0 Å². The van der Waals surface area contributed by atoms with E-state index in [1.807, 2.05) is 97.4 Å². The molecule has 0 N–H and O–H groups in total. The molecule has 186 valence electrons. The summed E-state index contributed by atoms with van der Waals surface area (Å²) in [7, 11) is 1.96. The lowest BCUT2D eigenvalue weighted by Gasteiger charge is -2.09. The summed E-state index contributed by atoms with van der Waals surface area (Å²) < 4.78 is 1.99. The van der Waals surface area contributed by atoms with Crippen LogP contribution in [0.5, 0.6) is 0 Å². The number of benzene rings is 3. The summed E-state index contributed by atoms with van der Waals surface area (Å²) in [6, 6.07) is 29.7. The van der Waals surface area contributed by atoms with Gasteiger partial charge in [0.15, 0.2) is 5.78 Å². The lowest BCUT2D eigenvalue weighted by atomic mass is 9.98. The molecule has 3 heteroatoms. The molecule has 0 spiro atoms. The maximum Gasteiger partial charge on any atom is 0.209 e. The molecule has 3 aromatic carbocycles. The third-order valence-electron chi connectivity index (χ3n) is 6.21. The van der Waals surface area contributed by atoms with Crippen molar-refractivity contribution in [1.82, 2.24) is 4.57 Å². The normalized spacial score (nSPS) is 10.8. The summed E-state index contributed by atoms with van der Waals surface area (Å²) in [5.41, 5.74) is 6.99. The summed E-state index contributed by atoms with van der Waals surface area (Å²) in [5, 5.41) is 0. The van der Waals surface area contributed by atoms with Gasteiger partial charge in [-0.15, -0.1) is 0 Å². The van der Waals surface area contributed by atoms with Crippen molar-refractivity contribution in [2.24, 2.45) is 13.0 Å². The molecule has 4 rings (SSSR count). The molecule has 0 saturated carbocycles. The second-order valence-corrected chi connectivity index (χ2v) is 10.0. The maximum absolute atomic E-state index is 12.4. The highest BCUT2D eigenvalue weighted by Gasteiger charge is 2.15. The van der Waals surface area contributed by atoms with Crippen LogP contribution in [-0.2, 0) is 7.05 Å². The molecule has 1 aromatic heterocycles. The van der Waals surface area contributed by atoms with Crippen molar-refractivity contribution < 1.29 is 9.59 Å². The van der Waals surface area contributed by atoms with Crippen molar-refractivity contribution in [3.63, 3.8) is 0 Å². The Hall–Kier alpha value is -3.72. The number of nitrogens with zero attached hydrogens (tertiary/aromatic N) is 1. The van der Waals surface area contributed by atoms with E-state index in [-0.39, 0.29) is 11.6 Å². The van der Waals surface area contributed by atoms with Crippen LogP contribution in [0.3, 0.4) is 0 Å². The Morgan fingerprint density at radius 2 is 1.25 bits per heavy atom. The molecule has 0 aliphatic carbocycles. The fourth-order valence-electron chi connectivity index (χ4n) is 4.16. The van der Waals surface area contributed by atoms with Gasteiger partial charge in [-0.1, -0.05) is 112 Å². The lowest BCUT2D eigenvalue weighted by Crippen LogP contribution is -2.09. The standard InChI is InChI=1S/C17H18O.C16H19NO/c1-13(2)12-17(18)16-10-8-15(9-11-16)14-6-4-3-5-7-14;1-11(2)14-9-10-15(17(14)4)16(18)13-7-5-12(3)6-8-13/h3-11,13H,12H2,1-2H3;5-11H,1-4H3. The predicted octanol–water partition coefficient (Wildman–Crippen LogP) is 8.27. The van der Waals surface area contributed by atoms with Gasteiger partial charge in [-0.25, -0.2) is 0 Å². The molecule has 0 unspecified atom stereocenters. The van der Waals surface area contributed by atoms with Gasteiger partial charge in [0, 0.05) is 30.3 Å². The number of ketones is 2. The van der Waals surface area contributed by atoms with E-state index in [1.54, 1.807) is 0 Å². The summed E-state index contributed by atoms with van der Waals surface area (Å²) >= 11 is 0. The highest BCUT2D eigenvalue weighted by molar-refractivity contribution is 6.08. The third kappa shape index (κ3) is 6.91. The molecule has 0 atom stereocenters. The number of aryl methyl sites for hydroxylation is 1. The van der Waals surface area contributed by atoms with E-state index in [0.29, 0.717) is 18.3 Å². The lowest BCUT2D eigenvalue weighted by molar-refractivity contribution is 0.0967. The number of carbonyl (C=O) groups excluding carboxylic acids is 2. The Bertz CT molecular complexity index is 1280. The van der Waals surface area contributed by atoms with Gasteiger partial charge in [0.05, 0.1) is 5.69 Å². The molecule has 4 aromatic rings. The fourth-order valence-corrected chi connectivity index (χ4v) is 4.16. The molecular formula is C33H37NO2. The Labute approximate surface area is 215 Å². The van der Waals surface area contributed by atoms with E-state index < -0.39 is 0 Å². The van der Waals surface area contributed by atoms with Gasteiger partial charge >= 0.3 is 0 Å². The zero-order valence-electron chi connectivity index (χ0n) is 22.3. The Balaban J connectivity index is 0.000000201. The second-order valence-electron chi connectivity index (χ2n) is 10.0. The summed E-state index contributed by atoms with van der Waals surface area (Å²) in [4.78, 5) is 24.3. The molecule has 0 fully saturated rings. The van der Waals surface area contributed by atoms with Crippen molar-refractivity contribution in [2.45, 2.75) is 47.0 Å². The van der Waals surface area contributed by atoms with Crippen LogP contribution in [0.2, 0.25) is 0 Å². The van der Waals surface area contributed by atoms with Crippen molar-refractivity contribution in [3.05, 3.63) is 119 Å². The minimum atomic E-state index is 0.0874. The molecule has 0 aliphatic heterocycles. The second kappa shape index (κ2) is 12.3. The van der Waals surface area contributed by atoms with Crippen LogP contribution in [-0.4, -0.2) is 16.1 Å². The first-order valence-electron chi connectivity index (χ1n) is 12.6. The van der Waals surface area contributed by atoms with Gasteiger partial charge in [-0.2, -0.15) is 0 Å². The summed E-state index contributed by atoms with van der Waals surface area (Å²) in [6.07, 6.45) is 0.616. The number of hydrogen-bond donors (Lipinski definition) is 0. The van der Waals surface area contributed by atoms with Gasteiger partial charge < -0.3 is 4.57 Å². The number of aromatic nitrogens is 1.